The maximum absolute atomic E-state index is 12.4. The molecule has 2 heterocycles. The van der Waals surface area contributed by atoms with E-state index in [1.165, 1.54) is 44.3 Å². The average Bonchev–Trinajstić information content (AvgIpc) is 3.20. The van der Waals surface area contributed by atoms with Crippen LogP contribution in [0.3, 0.4) is 0 Å². The van der Waals surface area contributed by atoms with E-state index in [4.69, 9.17) is 0 Å². The van der Waals surface area contributed by atoms with E-state index in [0.29, 0.717) is 6.54 Å². The first-order chi connectivity index (χ1) is 10.2. The van der Waals surface area contributed by atoms with Gasteiger partial charge < -0.3 is 10.2 Å². The molecule has 1 aliphatic carbocycles. The van der Waals surface area contributed by atoms with Crippen molar-refractivity contribution in [2.45, 2.75) is 51.0 Å². The Morgan fingerprint density at radius 1 is 1.33 bits per heavy atom. The summed E-state index contributed by atoms with van der Waals surface area (Å²) < 4.78 is 0. The largest absolute Gasteiger partial charge is 0.318 e. The number of piperidine rings is 1. The van der Waals surface area contributed by atoms with E-state index in [9.17, 15) is 4.79 Å². The minimum absolute atomic E-state index is 0.264. The van der Waals surface area contributed by atoms with Gasteiger partial charge in [-0.3, -0.25) is 9.69 Å². The number of rotatable bonds is 4. The van der Waals surface area contributed by atoms with E-state index in [0.717, 1.165) is 37.9 Å². The number of nitrogens with zero attached hydrogens (tertiary/aromatic N) is 2. The Bertz CT molecular complexity index is 393. The molecule has 0 aromatic rings. The lowest BCUT2D eigenvalue weighted by Gasteiger charge is -2.35. The zero-order chi connectivity index (χ0) is 14.7. The summed E-state index contributed by atoms with van der Waals surface area (Å²) in [6.45, 7) is 3.96. The van der Waals surface area contributed by atoms with E-state index < -0.39 is 0 Å². The minimum atomic E-state index is 0.264. The lowest BCUT2D eigenvalue weighted by atomic mass is 9.88. The lowest BCUT2D eigenvalue weighted by molar-refractivity contribution is -0.129. The van der Waals surface area contributed by atoms with Crippen LogP contribution < -0.4 is 5.32 Å². The van der Waals surface area contributed by atoms with Crippen molar-refractivity contribution in [1.29, 1.82) is 0 Å². The summed E-state index contributed by atoms with van der Waals surface area (Å²) in [5.41, 5.74) is 1.23. The monoisotopic (exact) mass is 291 g/mol. The summed E-state index contributed by atoms with van der Waals surface area (Å²) in [5, 5.41) is 3.64. The molecular weight excluding hydrogens is 262 g/mol. The Balaban J connectivity index is 1.43. The molecule has 2 aliphatic heterocycles. The molecule has 1 unspecified atom stereocenters. The van der Waals surface area contributed by atoms with Gasteiger partial charge in [0.05, 0.1) is 6.54 Å². The van der Waals surface area contributed by atoms with Gasteiger partial charge >= 0.3 is 0 Å². The van der Waals surface area contributed by atoms with Crippen LogP contribution >= 0.6 is 0 Å². The molecule has 1 amide bonds. The van der Waals surface area contributed by atoms with Crippen molar-refractivity contribution in [1.82, 2.24) is 15.1 Å². The zero-order valence-corrected chi connectivity index (χ0v) is 13.3. The number of nitrogens with one attached hydrogen (secondary N) is 1. The highest BCUT2D eigenvalue weighted by molar-refractivity contribution is 5.79. The minimum Gasteiger partial charge on any atom is -0.318 e. The molecule has 3 aliphatic rings. The molecule has 0 saturated carbocycles. The van der Waals surface area contributed by atoms with Crippen LogP contribution in [-0.4, -0.2) is 55.0 Å². The summed E-state index contributed by atoms with van der Waals surface area (Å²) >= 11 is 0. The first-order valence-electron chi connectivity index (χ1n) is 8.65. The number of hydrogen-bond donors (Lipinski definition) is 1. The molecule has 0 aromatic heterocycles. The van der Waals surface area contributed by atoms with Crippen molar-refractivity contribution in [3.63, 3.8) is 0 Å². The van der Waals surface area contributed by atoms with Gasteiger partial charge in [-0.05, 0) is 70.5 Å². The summed E-state index contributed by atoms with van der Waals surface area (Å²) in [4.78, 5) is 16.6. The van der Waals surface area contributed by atoms with Crippen LogP contribution in [-0.2, 0) is 4.79 Å². The van der Waals surface area contributed by atoms with Gasteiger partial charge in [0.1, 0.15) is 0 Å². The molecule has 4 heteroatoms. The number of likely N-dealkylation sites (N-methyl/N-ethyl adjacent to an activating group) is 1. The number of likely N-dealkylation sites (tertiary alicyclic amines) is 1. The molecule has 0 spiro atoms. The Hall–Kier alpha value is -0.870. The number of amides is 1. The van der Waals surface area contributed by atoms with E-state index in [1.54, 1.807) is 0 Å². The summed E-state index contributed by atoms with van der Waals surface area (Å²) in [7, 11) is 1.94. The Morgan fingerprint density at radius 2 is 2.14 bits per heavy atom. The van der Waals surface area contributed by atoms with Crippen LogP contribution in [0.2, 0.25) is 0 Å². The Kier molecular flexibility index (Phi) is 4.96. The van der Waals surface area contributed by atoms with Crippen molar-refractivity contribution in [3.05, 3.63) is 11.8 Å². The summed E-state index contributed by atoms with van der Waals surface area (Å²) in [5.74, 6) is 1.09. The van der Waals surface area contributed by atoms with Crippen LogP contribution in [0.15, 0.2) is 11.8 Å². The fourth-order valence-corrected chi connectivity index (χ4v) is 4.04. The van der Waals surface area contributed by atoms with Gasteiger partial charge in [0.2, 0.25) is 5.91 Å². The molecule has 1 atom stereocenters. The average molecular weight is 291 g/mol. The van der Waals surface area contributed by atoms with E-state index in [-0.39, 0.29) is 5.91 Å². The van der Waals surface area contributed by atoms with Gasteiger partial charge in [-0.1, -0.05) is 6.08 Å². The Labute approximate surface area is 128 Å². The van der Waals surface area contributed by atoms with E-state index in [2.05, 4.69) is 16.3 Å². The van der Waals surface area contributed by atoms with E-state index >= 15 is 0 Å². The van der Waals surface area contributed by atoms with Crippen molar-refractivity contribution < 1.29 is 4.79 Å². The zero-order valence-electron chi connectivity index (χ0n) is 13.3. The third-order valence-corrected chi connectivity index (χ3v) is 5.48. The van der Waals surface area contributed by atoms with Gasteiger partial charge in [0, 0.05) is 18.8 Å². The van der Waals surface area contributed by atoms with Gasteiger partial charge in [-0.2, -0.15) is 0 Å². The molecule has 3 rings (SSSR count). The number of hydrogen-bond acceptors (Lipinski definition) is 3. The molecule has 2 fully saturated rings. The van der Waals surface area contributed by atoms with Gasteiger partial charge in [-0.15, -0.1) is 0 Å². The van der Waals surface area contributed by atoms with E-state index in [1.807, 2.05) is 11.9 Å². The van der Waals surface area contributed by atoms with Gasteiger partial charge in [0.25, 0.3) is 0 Å². The second kappa shape index (κ2) is 6.93. The fraction of sp³-hybridized carbons (Fsp3) is 0.824. The standard InChI is InChI=1S/C17H29N3O/c1-19(15-5-2-3-6-15)17(21)13-20-11-8-14(9-12-20)16-7-4-10-18-16/h5,14,16,18H,2-4,6-13H2,1H3. The summed E-state index contributed by atoms with van der Waals surface area (Å²) in [6, 6.07) is 0.745. The van der Waals surface area contributed by atoms with Gasteiger partial charge in [0.15, 0.2) is 0 Å². The first-order valence-corrected chi connectivity index (χ1v) is 8.65. The smallest absolute Gasteiger partial charge is 0.240 e. The molecule has 21 heavy (non-hydrogen) atoms. The maximum atomic E-state index is 12.4. The molecule has 0 bridgehead atoms. The van der Waals surface area contributed by atoms with Gasteiger partial charge in [-0.25, -0.2) is 0 Å². The molecular formula is C17H29N3O. The third-order valence-electron chi connectivity index (χ3n) is 5.48. The number of carbonyl (C=O) groups is 1. The maximum Gasteiger partial charge on any atom is 0.240 e. The molecule has 2 saturated heterocycles. The van der Waals surface area contributed by atoms with Crippen molar-refractivity contribution in [3.8, 4) is 0 Å². The van der Waals surface area contributed by atoms with Crippen molar-refractivity contribution in [2.24, 2.45) is 5.92 Å². The highest BCUT2D eigenvalue weighted by atomic mass is 16.2. The highest BCUT2D eigenvalue weighted by Crippen LogP contribution is 2.26. The lowest BCUT2D eigenvalue weighted by Crippen LogP contribution is -2.44. The van der Waals surface area contributed by atoms with Crippen LogP contribution in [0, 0.1) is 5.92 Å². The van der Waals surface area contributed by atoms with Crippen LogP contribution in [0.5, 0.6) is 0 Å². The van der Waals surface area contributed by atoms with Crippen molar-refractivity contribution in [2.75, 3.05) is 33.2 Å². The molecule has 118 valence electrons. The second-order valence-electron chi connectivity index (χ2n) is 6.86. The summed E-state index contributed by atoms with van der Waals surface area (Å²) in [6.07, 6.45) is 10.8. The normalized spacial score (nSPS) is 27.9. The van der Waals surface area contributed by atoms with Crippen LogP contribution in [0.25, 0.3) is 0 Å². The molecule has 0 radical (unpaired) electrons. The number of carbonyl (C=O) groups excluding carboxylic acids is 1. The molecule has 4 nitrogen and oxygen atoms in total. The fourth-order valence-electron chi connectivity index (χ4n) is 4.04. The number of allylic oxidation sites excluding steroid dienone is 2. The Morgan fingerprint density at radius 3 is 2.76 bits per heavy atom. The third kappa shape index (κ3) is 3.67. The van der Waals surface area contributed by atoms with Crippen LogP contribution in [0.4, 0.5) is 0 Å². The topological polar surface area (TPSA) is 35.6 Å². The van der Waals surface area contributed by atoms with Crippen molar-refractivity contribution >= 4 is 5.91 Å². The predicted octanol–water partition coefficient (Wildman–Crippen LogP) is 1.98. The molecule has 1 N–H and O–H groups in total. The SMILES string of the molecule is CN(C(=O)CN1CCC(C2CCCN2)CC1)C1=CCCC1. The quantitative estimate of drug-likeness (QED) is 0.860. The second-order valence-corrected chi connectivity index (χ2v) is 6.86. The highest BCUT2D eigenvalue weighted by Gasteiger charge is 2.29. The first kappa shape index (κ1) is 15.0. The predicted molar refractivity (Wildman–Crippen MR) is 84.9 cm³/mol. The van der Waals surface area contributed by atoms with Crippen LogP contribution in [0.1, 0.15) is 44.9 Å². The molecule has 0 aromatic carbocycles.